The van der Waals surface area contributed by atoms with Crippen molar-refractivity contribution in [1.82, 2.24) is 9.80 Å². The first-order chi connectivity index (χ1) is 21.1. The molecule has 1 saturated heterocycles. The standard InChI is InChI=1S/C40H48N2O/c1-3-41(29-16-17-31-42-30-15-7-14-24-39(42)43)33(2)32-34-25-27-38(28-26-34)40(35-18-8-4-9-19-35,36-20-10-5-11-21-36)37-22-12-6-13-23-37/h4-6,8-13,18-23,25-28,33H,3,7,14-17,24,29-32H2,1-2H3. The molecular formula is C40H48N2O. The number of rotatable bonds is 13. The number of carbonyl (C=O) groups is 1. The third-order valence-electron chi connectivity index (χ3n) is 9.36. The molecular weight excluding hydrogens is 524 g/mol. The van der Waals surface area contributed by atoms with Gasteiger partial charge in [-0.15, -0.1) is 0 Å². The molecule has 0 saturated carbocycles. The van der Waals surface area contributed by atoms with E-state index in [0.29, 0.717) is 11.9 Å². The van der Waals surface area contributed by atoms with Gasteiger partial charge in [-0.1, -0.05) is 129 Å². The first-order valence-corrected chi connectivity index (χ1v) is 16.4. The lowest BCUT2D eigenvalue weighted by Crippen LogP contribution is -2.36. The van der Waals surface area contributed by atoms with Crippen LogP contribution >= 0.6 is 0 Å². The largest absolute Gasteiger partial charge is 0.343 e. The Morgan fingerprint density at radius 2 is 1.23 bits per heavy atom. The van der Waals surface area contributed by atoms with Gasteiger partial charge in [-0.3, -0.25) is 4.79 Å². The number of unbranched alkanes of at least 4 members (excludes halogenated alkanes) is 1. The summed E-state index contributed by atoms with van der Waals surface area (Å²) < 4.78 is 0. The van der Waals surface area contributed by atoms with Crippen molar-refractivity contribution >= 4 is 5.91 Å². The molecule has 1 aliphatic heterocycles. The number of likely N-dealkylation sites (N-methyl/N-ethyl adjacent to an activating group) is 1. The van der Waals surface area contributed by atoms with Gasteiger partial charge in [0.25, 0.3) is 0 Å². The Labute approximate surface area is 259 Å². The second kappa shape index (κ2) is 15.2. The maximum absolute atomic E-state index is 12.4. The van der Waals surface area contributed by atoms with Gasteiger partial charge in [-0.05, 0) is 79.9 Å². The van der Waals surface area contributed by atoms with Crippen LogP contribution in [0, 0.1) is 0 Å². The lowest BCUT2D eigenvalue weighted by molar-refractivity contribution is -0.130. The maximum atomic E-state index is 12.4. The van der Waals surface area contributed by atoms with E-state index in [4.69, 9.17) is 0 Å². The molecule has 0 bridgehead atoms. The quantitative estimate of drug-likeness (QED) is 0.118. The zero-order valence-corrected chi connectivity index (χ0v) is 26.1. The molecule has 0 N–H and O–H groups in total. The molecule has 1 heterocycles. The Kier molecular flexibility index (Phi) is 10.8. The van der Waals surface area contributed by atoms with Crippen molar-refractivity contribution in [3.63, 3.8) is 0 Å². The summed E-state index contributed by atoms with van der Waals surface area (Å²) in [4.78, 5) is 17.1. The van der Waals surface area contributed by atoms with Gasteiger partial charge in [0.05, 0.1) is 5.41 Å². The maximum Gasteiger partial charge on any atom is 0.222 e. The summed E-state index contributed by atoms with van der Waals surface area (Å²) in [6.45, 7) is 8.61. The van der Waals surface area contributed by atoms with E-state index >= 15 is 0 Å². The van der Waals surface area contributed by atoms with E-state index < -0.39 is 5.41 Å². The molecule has 1 fully saturated rings. The van der Waals surface area contributed by atoms with Crippen LogP contribution < -0.4 is 0 Å². The monoisotopic (exact) mass is 572 g/mol. The third kappa shape index (κ3) is 7.28. The molecule has 0 aromatic heterocycles. The van der Waals surface area contributed by atoms with Gasteiger partial charge in [-0.2, -0.15) is 0 Å². The molecule has 0 radical (unpaired) electrons. The average molecular weight is 573 g/mol. The van der Waals surface area contributed by atoms with Gasteiger partial charge in [0.15, 0.2) is 0 Å². The number of nitrogens with zero attached hydrogens (tertiary/aromatic N) is 2. The molecule has 0 aliphatic carbocycles. The molecule has 1 aliphatic rings. The van der Waals surface area contributed by atoms with Gasteiger partial charge >= 0.3 is 0 Å². The third-order valence-corrected chi connectivity index (χ3v) is 9.36. The number of hydrogen-bond donors (Lipinski definition) is 0. The molecule has 4 aromatic rings. The van der Waals surface area contributed by atoms with Crippen LogP contribution in [0.15, 0.2) is 115 Å². The van der Waals surface area contributed by atoms with Crippen molar-refractivity contribution in [2.24, 2.45) is 0 Å². The first-order valence-electron chi connectivity index (χ1n) is 16.4. The van der Waals surface area contributed by atoms with Crippen LogP contribution in [0.3, 0.4) is 0 Å². The minimum atomic E-state index is -0.405. The minimum absolute atomic E-state index is 0.359. The van der Waals surface area contributed by atoms with Crippen LogP contribution in [0.25, 0.3) is 0 Å². The van der Waals surface area contributed by atoms with E-state index in [1.54, 1.807) is 0 Å². The predicted octanol–water partition coefficient (Wildman–Crippen LogP) is 8.51. The average Bonchev–Trinajstić information content (AvgIpc) is 3.27. The van der Waals surface area contributed by atoms with Crippen molar-refractivity contribution in [2.45, 2.75) is 70.3 Å². The SMILES string of the molecule is CCN(CCCCN1CCCCCC1=O)C(C)Cc1ccc(C(c2ccccc2)(c2ccccc2)c2ccccc2)cc1. The van der Waals surface area contributed by atoms with Crippen molar-refractivity contribution in [2.75, 3.05) is 26.2 Å². The number of benzene rings is 4. The second-order valence-corrected chi connectivity index (χ2v) is 12.1. The lowest BCUT2D eigenvalue weighted by atomic mass is 9.65. The number of hydrogen-bond acceptors (Lipinski definition) is 2. The molecule has 1 atom stereocenters. The summed E-state index contributed by atoms with van der Waals surface area (Å²) in [6, 6.07) is 42.6. The molecule has 5 rings (SSSR count). The van der Waals surface area contributed by atoms with Crippen LogP contribution in [0.4, 0.5) is 0 Å². The van der Waals surface area contributed by atoms with Gasteiger partial charge in [0.1, 0.15) is 0 Å². The molecule has 1 unspecified atom stereocenters. The number of likely N-dealkylation sites (tertiary alicyclic amines) is 1. The Bertz CT molecular complexity index is 1290. The molecule has 224 valence electrons. The molecule has 3 nitrogen and oxygen atoms in total. The van der Waals surface area contributed by atoms with Gasteiger partial charge in [-0.25, -0.2) is 0 Å². The van der Waals surface area contributed by atoms with Crippen molar-refractivity contribution in [3.8, 4) is 0 Å². The smallest absolute Gasteiger partial charge is 0.222 e. The van der Waals surface area contributed by atoms with E-state index in [9.17, 15) is 4.79 Å². The van der Waals surface area contributed by atoms with Crippen molar-refractivity contribution < 1.29 is 4.79 Å². The van der Waals surface area contributed by atoms with Gasteiger partial charge in [0.2, 0.25) is 5.91 Å². The highest BCUT2D eigenvalue weighted by atomic mass is 16.2. The highest BCUT2D eigenvalue weighted by Gasteiger charge is 2.38. The fraction of sp³-hybridized carbons (Fsp3) is 0.375. The van der Waals surface area contributed by atoms with E-state index in [2.05, 4.69) is 139 Å². The van der Waals surface area contributed by atoms with Crippen molar-refractivity contribution in [1.29, 1.82) is 0 Å². The van der Waals surface area contributed by atoms with Crippen LogP contribution in [0.1, 0.15) is 80.2 Å². The number of carbonyl (C=O) groups excluding carboxylic acids is 1. The van der Waals surface area contributed by atoms with Crippen LogP contribution in [-0.4, -0.2) is 47.9 Å². The zero-order valence-electron chi connectivity index (χ0n) is 26.1. The van der Waals surface area contributed by atoms with Crippen LogP contribution in [-0.2, 0) is 16.6 Å². The highest BCUT2D eigenvalue weighted by Crippen LogP contribution is 2.45. The Hall–Kier alpha value is -3.69. The van der Waals surface area contributed by atoms with Crippen LogP contribution in [0.2, 0.25) is 0 Å². The molecule has 0 spiro atoms. The Balaban J connectivity index is 1.32. The summed E-state index contributed by atoms with van der Waals surface area (Å²) >= 11 is 0. The summed E-state index contributed by atoms with van der Waals surface area (Å²) in [5.41, 5.74) is 6.06. The first kappa shape index (κ1) is 30.8. The Morgan fingerprint density at radius 3 is 1.77 bits per heavy atom. The Morgan fingerprint density at radius 1 is 0.698 bits per heavy atom. The fourth-order valence-electron chi connectivity index (χ4n) is 7.01. The topological polar surface area (TPSA) is 23.6 Å². The molecule has 3 heteroatoms. The normalized spacial score (nSPS) is 15.0. The van der Waals surface area contributed by atoms with E-state index in [1.807, 2.05) is 0 Å². The van der Waals surface area contributed by atoms with Crippen molar-refractivity contribution in [3.05, 3.63) is 143 Å². The minimum Gasteiger partial charge on any atom is -0.343 e. The van der Waals surface area contributed by atoms with Gasteiger partial charge < -0.3 is 9.80 Å². The van der Waals surface area contributed by atoms with Crippen LogP contribution in [0.5, 0.6) is 0 Å². The summed E-state index contributed by atoms with van der Waals surface area (Å²) in [5.74, 6) is 0.359. The molecule has 4 aromatic carbocycles. The number of amides is 1. The van der Waals surface area contributed by atoms with E-state index in [-0.39, 0.29) is 0 Å². The summed E-state index contributed by atoms with van der Waals surface area (Å²) in [7, 11) is 0. The molecule has 43 heavy (non-hydrogen) atoms. The highest BCUT2D eigenvalue weighted by molar-refractivity contribution is 5.76. The summed E-state index contributed by atoms with van der Waals surface area (Å²) in [6.07, 6.45) is 7.39. The predicted molar refractivity (Wildman–Crippen MR) is 179 cm³/mol. The fourth-order valence-corrected chi connectivity index (χ4v) is 7.01. The summed E-state index contributed by atoms with van der Waals surface area (Å²) in [5, 5.41) is 0. The van der Waals surface area contributed by atoms with E-state index in [0.717, 1.165) is 64.7 Å². The zero-order chi connectivity index (χ0) is 29.9. The van der Waals surface area contributed by atoms with E-state index in [1.165, 1.54) is 34.2 Å². The lowest BCUT2D eigenvalue weighted by Gasteiger charge is -2.37. The van der Waals surface area contributed by atoms with Gasteiger partial charge in [0, 0.05) is 25.6 Å². The molecule has 1 amide bonds. The second-order valence-electron chi connectivity index (χ2n) is 12.1.